The summed E-state index contributed by atoms with van der Waals surface area (Å²) in [5.74, 6) is -4.08. The third-order valence-corrected chi connectivity index (χ3v) is 13.8. The molecular weight excluding hydrogens is 1160 g/mol. The van der Waals surface area contributed by atoms with Crippen molar-refractivity contribution in [3.63, 3.8) is 0 Å². The topological polar surface area (TPSA) is 227 Å². The number of hydrogen-bond acceptors (Lipinski definition) is 13. The highest BCUT2D eigenvalue weighted by molar-refractivity contribution is 5.97. The zero-order valence-electron chi connectivity index (χ0n) is 51.6. The molecule has 0 fully saturated rings. The van der Waals surface area contributed by atoms with Crippen molar-refractivity contribution in [2.45, 2.75) is 121 Å². The van der Waals surface area contributed by atoms with Crippen LogP contribution in [0.1, 0.15) is 136 Å². The first-order valence-electron chi connectivity index (χ1n) is 28.7. The second-order valence-electron chi connectivity index (χ2n) is 22.2. The minimum atomic E-state index is -1.11. The first-order valence-corrected chi connectivity index (χ1v) is 28.7. The molecule has 0 spiro atoms. The van der Waals surface area contributed by atoms with Crippen LogP contribution < -0.4 is 19.9 Å². The molecule has 17 nitrogen and oxygen atoms in total. The monoisotopic (exact) mass is 1240 g/mol. The lowest BCUT2D eigenvalue weighted by Crippen LogP contribution is -2.25. The number of Topliss-reactive ketones (excluding diaryl/α,β-unsaturated/α-hetero) is 1. The van der Waals surface area contributed by atoms with E-state index < -0.39 is 46.8 Å². The van der Waals surface area contributed by atoms with Gasteiger partial charge in [-0.25, -0.2) is 50.9 Å². The lowest BCUT2D eigenvalue weighted by Gasteiger charge is -2.16. The molecule has 5 N–H and O–H groups in total. The number of esters is 1. The van der Waals surface area contributed by atoms with Gasteiger partial charge in [0.05, 0.1) is 47.0 Å². The van der Waals surface area contributed by atoms with Crippen molar-refractivity contribution < 1.29 is 75.0 Å². The van der Waals surface area contributed by atoms with E-state index in [4.69, 9.17) is 29.8 Å². The number of carboxylic acid groups (broad SMARTS) is 1. The van der Waals surface area contributed by atoms with Gasteiger partial charge in [0, 0.05) is 37.7 Å². The van der Waals surface area contributed by atoms with Gasteiger partial charge in [0.2, 0.25) is 0 Å². The van der Waals surface area contributed by atoms with E-state index in [0.717, 1.165) is 41.7 Å². The number of aliphatic hydroxyl groups excluding tert-OH is 2. The van der Waals surface area contributed by atoms with Crippen LogP contribution in [0.25, 0.3) is 16.9 Å². The Morgan fingerprint density at radius 3 is 1.18 bits per heavy atom. The highest BCUT2D eigenvalue weighted by Crippen LogP contribution is 2.31. The van der Waals surface area contributed by atoms with E-state index in [1.807, 2.05) is 13.8 Å². The van der Waals surface area contributed by atoms with Crippen LogP contribution in [0.5, 0.6) is 17.2 Å². The molecule has 6 aromatic heterocycles. The Morgan fingerprint density at radius 2 is 0.865 bits per heavy atom. The molecule has 0 radical (unpaired) electrons. The number of pyridine rings is 3. The van der Waals surface area contributed by atoms with Crippen LogP contribution in [0.2, 0.25) is 0 Å². The Labute approximate surface area is 511 Å². The van der Waals surface area contributed by atoms with E-state index in [0.29, 0.717) is 63.1 Å². The molecule has 0 unspecified atom stereocenters. The van der Waals surface area contributed by atoms with Gasteiger partial charge in [-0.1, -0.05) is 45.9 Å². The fraction of sp³-hybridized carbons (Fsp3) is 0.364. The van der Waals surface area contributed by atoms with Crippen LogP contribution in [-0.4, -0.2) is 87.1 Å². The number of aliphatic hydroxyl groups is 2. The molecule has 476 valence electrons. The Kier molecular flexibility index (Phi) is 24.4. The lowest BCUT2D eigenvalue weighted by atomic mass is 9.92. The first kappa shape index (κ1) is 69.3. The van der Waals surface area contributed by atoms with Crippen molar-refractivity contribution in [3.05, 3.63) is 194 Å². The minimum Gasteiger partial charge on any atom is -0.485 e. The molecule has 0 amide bonds. The number of halogens is 6. The predicted octanol–water partition coefficient (Wildman–Crippen LogP) is 12.9. The van der Waals surface area contributed by atoms with Gasteiger partial charge in [-0.15, -0.1) is 0 Å². The Bertz CT molecular complexity index is 3900. The predicted molar refractivity (Wildman–Crippen MR) is 322 cm³/mol. The van der Waals surface area contributed by atoms with Gasteiger partial charge in [0.15, 0.2) is 51.4 Å². The average molecular weight is 1240 g/mol. The van der Waals surface area contributed by atoms with E-state index in [1.165, 1.54) is 46.9 Å². The van der Waals surface area contributed by atoms with E-state index in [9.17, 15) is 50.9 Å². The Hall–Kier alpha value is -8.80. The summed E-state index contributed by atoms with van der Waals surface area (Å²) in [6, 6.07) is 15.9. The molecule has 3 aromatic carbocycles. The quantitative estimate of drug-likeness (QED) is 0.0298. The number of nitrogens with zero attached hydrogens (tertiary/aromatic N) is 6. The summed E-state index contributed by atoms with van der Waals surface area (Å²) in [7, 11) is 0. The van der Waals surface area contributed by atoms with Gasteiger partial charge in [-0.2, -0.15) is 0 Å². The third-order valence-electron chi connectivity index (χ3n) is 13.8. The molecule has 2 atom stereocenters. The number of nitrogens with two attached hydrogens (primary N) is 1. The zero-order valence-corrected chi connectivity index (χ0v) is 51.6. The van der Waals surface area contributed by atoms with E-state index in [-0.39, 0.29) is 97.6 Å². The molecule has 89 heavy (non-hydrogen) atoms. The van der Waals surface area contributed by atoms with Gasteiger partial charge in [0.1, 0.15) is 60.4 Å². The standard InChI is InChI=1S/C24H28F2N2O3.C19H18F2N2O3.C17H14F2N2O3.C6H15NO/c1-14(2)8-17(12-29)10-21(30)23-16(4)27-24-22(9-15(3)11-28(23)24)31-13-18-19(25)6-5-7-20(18)26;1-4-25-19(24)17-12(3)22-18-16(8-11(2)9-23(17)18)26-10-13-14(20)6-5-7-15(13)21;1-9-6-14(24-8-11-12(18)4-3-5-13(11)19)16-20-10(2)15(17(22)23)21(16)7-9;1-5(2)3-6(7)4-8/h5-7,9,11,14,17,29H,8,10,12-13H2,1-4H3;5-9H,4,10H2,1-3H3;3-7H,8H2,1-2H3,(H,22,23);5-6,8H,3-4,7H2,1-2H3/t17-;;;6-/m0..1/s1. The van der Waals surface area contributed by atoms with Crippen LogP contribution in [0, 0.1) is 94.2 Å². The van der Waals surface area contributed by atoms with Gasteiger partial charge < -0.3 is 40.0 Å². The van der Waals surface area contributed by atoms with E-state index >= 15 is 0 Å². The summed E-state index contributed by atoms with van der Waals surface area (Å²) in [4.78, 5) is 49.7. The number of aromatic nitrogens is 6. The van der Waals surface area contributed by atoms with Crippen LogP contribution in [0.4, 0.5) is 26.3 Å². The Balaban J connectivity index is 0.000000201. The normalized spacial score (nSPS) is 11.8. The molecule has 0 aliphatic heterocycles. The van der Waals surface area contributed by atoms with Crippen LogP contribution in [0.15, 0.2) is 91.4 Å². The SMILES string of the molecule is CC(C)C[C@@H](N)CO.CCOC(=O)c1c(C)nc2c(OCc3c(F)cccc3F)cc(C)cn12.Cc1cc(OCc2c(F)cccc2F)c2nc(C)c(C(=O)C[C@@H](CO)CC(C)C)n2c1.Cc1cc(OCc2c(F)cccc2F)c2nc(C)c(C(=O)O)n2c1. The molecule has 23 heteroatoms. The molecule has 0 aliphatic carbocycles. The van der Waals surface area contributed by atoms with Crippen molar-refractivity contribution in [2.24, 2.45) is 23.5 Å². The van der Waals surface area contributed by atoms with Crippen LogP contribution in [-0.2, 0) is 24.6 Å². The summed E-state index contributed by atoms with van der Waals surface area (Å²) in [5, 5.41) is 27.4. The summed E-state index contributed by atoms with van der Waals surface area (Å²) >= 11 is 0. The van der Waals surface area contributed by atoms with Crippen LogP contribution >= 0.6 is 0 Å². The van der Waals surface area contributed by atoms with Gasteiger partial charge >= 0.3 is 11.9 Å². The van der Waals surface area contributed by atoms with E-state index in [1.54, 1.807) is 80.2 Å². The number of fused-ring (bicyclic) bond motifs is 3. The maximum Gasteiger partial charge on any atom is 0.357 e. The molecule has 0 bridgehead atoms. The largest absolute Gasteiger partial charge is 0.485 e. The zero-order chi connectivity index (χ0) is 65.6. The maximum atomic E-state index is 14.0. The van der Waals surface area contributed by atoms with Crippen molar-refractivity contribution in [2.75, 3.05) is 19.8 Å². The van der Waals surface area contributed by atoms with Crippen molar-refractivity contribution >= 4 is 34.7 Å². The summed E-state index contributed by atoms with van der Waals surface area (Å²) in [6.45, 7) is 19.8. The number of rotatable bonds is 21. The number of aromatic carboxylic acids is 1. The Morgan fingerprint density at radius 1 is 0.528 bits per heavy atom. The number of carbonyl (C=O) groups excluding carboxylic acids is 2. The molecule has 0 saturated carbocycles. The van der Waals surface area contributed by atoms with Crippen LogP contribution in [0.3, 0.4) is 0 Å². The first-order chi connectivity index (χ1) is 42.2. The molecule has 9 aromatic rings. The minimum absolute atomic E-state index is 0.0185. The number of carboxylic acids is 1. The maximum absolute atomic E-state index is 14.0. The summed E-state index contributed by atoms with van der Waals surface area (Å²) in [6.07, 6.45) is 7.02. The van der Waals surface area contributed by atoms with E-state index in [2.05, 4.69) is 42.6 Å². The number of aryl methyl sites for hydroxylation is 6. The number of carbonyl (C=O) groups is 3. The number of hydrogen-bond donors (Lipinski definition) is 4. The number of benzene rings is 3. The number of imidazole rings is 3. The molecular formula is C66H75F6N7O10. The smallest absolute Gasteiger partial charge is 0.357 e. The second-order valence-corrected chi connectivity index (χ2v) is 22.2. The number of ketones is 1. The molecule has 9 rings (SSSR count). The summed E-state index contributed by atoms with van der Waals surface area (Å²) < 4.78 is 110. The lowest BCUT2D eigenvalue weighted by molar-refractivity contribution is 0.0516. The fourth-order valence-electron chi connectivity index (χ4n) is 9.82. The van der Waals surface area contributed by atoms with Gasteiger partial charge in [0.25, 0.3) is 0 Å². The molecule has 6 heterocycles. The van der Waals surface area contributed by atoms with Crippen molar-refractivity contribution in [1.82, 2.24) is 28.2 Å². The second kappa shape index (κ2) is 31.4. The van der Waals surface area contributed by atoms with Gasteiger partial charge in [-0.3, -0.25) is 18.0 Å². The van der Waals surface area contributed by atoms with Gasteiger partial charge in [-0.05, 0) is 150 Å². The third kappa shape index (κ3) is 17.7. The highest BCUT2D eigenvalue weighted by atomic mass is 19.2. The summed E-state index contributed by atoms with van der Waals surface area (Å²) in [5.41, 5.74) is 10.4. The van der Waals surface area contributed by atoms with Crippen molar-refractivity contribution in [1.29, 1.82) is 0 Å². The molecule has 0 aliphatic rings. The van der Waals surface area contributed by atoms with Crippen molar-refractivity contribution in [3.8, 4) is 17.2 Å². The fourth-order valence-corrected chi connectivity index (χ4v) is 9.82. The highest BCUT2D eigenvalue weighted by Gasteiger charge is 2.25. The molecule has 0 saturated heterocycles. The number of ether oxygens (including phenoxy) is 4. The average Bonchev–Trinajstić information content (AvgIpc) is 1.74.